The summed E-state index contributed by atoms with van der Waals surface area (Å²) in [6.45, 7) is 2.60. The molecule has 166 valence electrons. The molecule has 3 aliphatic carbocycles. The molecule has 0 N–H and O–H groups in total. The van der Waals surface area contributed by atoms with Gasteiger partial charge in [0.25, 0.3) is 0 Å². The first-order valence-electron chi connectivity index (χ1n) is 12.8. The van der Waals surface area contributed by atoms with Crippen molar-refractivity contribution in [2.24, 2.45) is 23.2 Å². The first-order valence-corrected chi connectivity index (χ1v) is 12.8. The Hall–Kier alpha value is -1.67. The number of hydrogen-bond donors (Lipinski definition) is 0. The highest BCUT2D eigenvalue weighted by atomic mass is 15.1. The summed E-state index contributed by atoms with van der Waals surface area (Å²) in [6.07, 6.45) is 20.6. The van der Waals surface area contributed by atoms with Crippen LogP contribution in [0.5, 0.6) is 0 Å². The molecule has 0 spiro atoms. The molecule has 5 unspecified atom stereocenters. The SMILES string of the molecule is CN(C)C1CCCCC2C(CCC1)CCC1(C)C(c3ccc4ccncc4c3)=CCC21. The van der Waals surface area contributed by atoms with Crippen molar-refractivity contribution in [3.8, 4) is 0 Å². The Kier molecular flexibility index (Phi) is 5.94. The molecule has 0 amide bonds. The van der Waals surface area contributed by atoms with Crippen LogP contribution in [-0.4, -0.2) is 30.0 Å². The van der Waals surface area contributed by atoms with Gasteiger partial charge in [-0.3, -0.25) is 4.98 Å². The van der Waals surface area contributed by atoms with Crippen molar-refractivity contribution in [3.63, 3.8) is 0 Å². The standard InChI is InChI=1S/C29H40N2/c1-29-17-15-22-7-6-9-25(31(2)3)8-4-5-10-26(22)28(29)14-13-27(29)23-12-11-21-16-18-30-20-24(21)19-23/h11-13,16,18-20,22,25-26,28H,4-10,14-15,17H2,1-3H3. The van der Waals surface area contributed by atoms with Crippen molar-refractivity contribution >= 4 is 16.3 Å². The predicted molar refractivity (Wildman–Crippen MR) is 132 cm³/mol. The highest BCUT2D eigenvalue weighted by Crippen LogP contribution is 2.61. The molecule has 0 radical (unpaired) electrons. The van der Waals surface area contributed by atoms with E-state index >= 15 is 0 Å². The van der Waals surface area contributed by atoms with E-state index < -0.39 is 0 Å². The highest BCUT2D eigenvalue weighted by Gasteiger charge is 2.50. The van der Waals surface area contributed by atoms with E-state index in [1.807, 2.05) is 12.4 Å². The number of pyridine rings is 1. The van der Waals surface area contributed by atoms with Crippen LogP contribution in [-0.2, 0) is 0 Å². The van der Waals surface area contributed by atoms with Crippen LogP contribution in [0, 0.1) is 23.2 Å². The summed E-state index contributed by atoms with van der Waals surface area (Å²) in [6, 6.07) is 9.97. The molecule has 0 aliphatic heterocycles. The van der Waals surface area contributed by atoms with Crippen molar-refractivity contribution in [1.82, 2.24) is 9.88 Å². The average molecular weight is 417 g/mol. The Balaban J connectivity index is 1.36. The van der Waals surface area contributed by atoms with Gasteiger partial charge in [-0.15, -0.1) is 0 Å². The molecule has 31 heavy (non-hydrogen) atoms. The third-order valence-corrected chi connectivity index (χ3v) is 9.29. The average Bonchev–Trinajstić information content (AvgIpc) is 3.13. The Morgan fingerprint density at radius 1 is 0.935 bits per heavy atom. The van der Waals surface area contributed by atoms with Crippen LogP contribution in [0.3, 0.4) is 0 Å². The number of nitrogens with zero attached hydrogens (tertiary/aromatic N) is 2. The van der Waals surface area contributed by atoms with Crippen molar-refractivity contribution in [1.29, 1.82) is 0 Å². The second-order valence-corrected chi connectivity index (χ2v) is 11.1. The minimum absolute atomic E-state index is 0.355. The fourth-order valence-corrected chi connectivity index (χ4v) is 7.46. The van der Waals surface area contributed by atoms with Gasteiger partial charge in [-0.25, -0.2) is 0 Å². The lowest BCUT2D eigenvalue weighted by Crippen LogP contribution is -2.40. The summed E-state index contributed by atoms with van der Waals surface area (Å²) in [5, 5.41) is 2.57. The highest BCUT2D eigenvalue weighted by molar-refractivity contribution is 5.86. The molecule has 1 aromatic carbocycles. The smallest absolute Gasteiger partial charge is 0.0346 e. The van der Waals surface area contributed by atoms with Crippen LogP contribution >= 0.6 is 0 Å². The van der Waals surface area contributed by atoms with Gasteiger partial charge >= 0.3 is 0 Å². The summed E-state index contributed by atoms with van der Waals surface area (Å²) in [5.74, 6) is 2.72. The van der Waals surface area contributed by atoms with Crippen molar-refractivity contribution < 1.29 is 0 Å². The van der Waals surface area contributed by atoms with E-state index in [9.17, 15) is 0 Å². The van der Waals surface area contributed by atoms with Crippen molar-refractivity contribution in [2.45, 2.75) is 77.2 Å². The number of rotatable bonds is 2. The summed E-state index contributed by atoms with van der Waals surface area (Å²) in [7, 11) is 4.56. The zero-order chi connectivity index (χ0) is 21.4. The fourth-order valence-electron chi connectivity index (χ4n) is 7.46. The maximum Gasteiger partial charge on any atom is 0.0346 e. The molecule has 0 saturated heterocycles. The number of benzene rings is 1. The van der Waals surface area contributed by atoms with E-state index in [0.717, 1.165) is 23.8 Å². The molecule has 2 fully saturated rings. The van der Waals surface area contributed by atoms with Crippen LogP contribution < -0.4 is 0 Å². The monoisotopic (exact) mass is 416 g/mol. The molecule has 2 saturated carbocycles. The van der Waals surface area contributed by atoms with Gasteiger partial charge in [0.15, 0.2) is 0 Å². The lowest BCUT2D eigenvalue weighted by molar-refractivity contribution is 0.0491. The first kappa shape index (κ1) is 21.2. The maximum atomic E-state index is 4.36. The second-order valence-electron chi connectivity index (χ2n) is 11.1. The van der Waals surface area contributed by atoms with Gasteiger partial charge < -0.3 is 4.90 Å². The van der Waals surface area contributed by atoms with E-state index in [2.05, 4.69) is 61.2 Å². The van der Waals surface area contributed by atoms with Crippen LogP contribution in [0.2, 0.25) is 0 Å². The molecule has 3 aliphatic rings. The third-order valence-electron chi connectivity index (χ3n) is 9.29. The molecule has 5 rings (SSSR count). The number of hydrogen-bond acceptors (Lipinski definition) is 2. The quantitative estimate of drug-likeness (QED) is 0.509. The zero-order valence-electron chi connectivity index (χ0n) is 19.8. The molecule has 5 atom stereocenters. The molecule has 1 heterocycles. The maximum absolute atomic E-state index is 4.36. The van der Waals surface area contributed by atoms with E-state index in [1.165, 1.54) is 80.5 Å². The summed E-state index contributed by atoms with van der Waals surface area (Å²) in [5.41, 5.74) is 3.43. The summed E-state index contributed by atoms with van der Waals surface area (Å²) < 4.78 is 0. The zero-order valence-corrected chi connectivity index (χ0v) is 19.8. The number of aromatic nitrogens is 1. The van der Waals surface area contributed by atoms with Gasteiger partial charge in [0.05, 0.1) is 0 Å². The van der Waals surface area contributed by atoms with Gasteiger partial charge in [-0.2, -0.15) is 0 Å². The Morgan fingerprint density at radius 3 is 2.65 bits per heavy atom. The Labute approximate surface area is 189 Å². The number of allylic oxidation sites excluding steroid dienone is 2. The molecule has 1 aromatic heterocycles. The van der Waals surface area contributed by atoms with Gasteiger partial charge in [-0.1, -0.05) is 50.8 Å². The number of fused-ring (bicyclic) bond motifs is 4. The van der Waals surface area contributed by atoms with E-state index in [-0.39, 0.29) is 0 Å². The first-order chi connectivity index (χ1) is 15.1. The minimum Gasteiger partial charge on any atom is -0.306 e. The lowest BCUT2D eigenvalue weighted by Gasteiger charge is -2.49. The minimum atomic E-state index is 0.355. The largest absolute Gasteiger partial charge is 0.306 e. The van der Waals surface area contributed by atoms with Gasteiger partial charge in [-0.05, 0) is 104 Å². The van der Waals surface area contributed by atoms with Crippen LogP contribution in [0.25, 0.3) is 16.3 Å². The fraction of sp³-hybridized carbons (Fsp3) is 0.621. The van der Waals surface area contributed by atoms with Crippen LogP contribution in [0.15, 0.2) is 42.7 Å². The molecule has 2 aromatic rings. The predicted octanol–water partition coefficient (Wildman–Crippen LogP) is 7.35. The van der Waals surface area contributed by atoms with Gasteiger partial charge in [0, 0.05) is 23.8 Å². The van der Waals surface area contributed by atoms with E-state index in [1.54, 1.807) is 5.57 Å². The summed E-state index contributed by atoms with van der Waals surface area (Å²) >= 11 is 0. The molecule has 0 bridgehead atoms. The topological polar surface area (TPSA) is 16.1 Å². The Bertz CT molecular complexity index is 945. The summed E-state index contributed by atoms with van der Waals surface area (Å²) in [4.78, 5) is 6.84. The lowest BCUT2D eigenvalue weighted by atomic mass is 9.56. The van der Waals surface area contributed by atoms with Crippen molar-refractivity contribution in [2.75, 3.05) is 14.1 Å². The third kappa shape index (κ3) is 3.97. The normalized spacial score (nSPS) is 34.3. The molecule has 2 heteroatoms. The van der Waals surface area contributed by atoms with Crippen LogP contribution in [0.1, 0.15) is 76.7 Å². The van der Waals surface area contributed by atoms with Gasteiger partial charge in [0.2, 0.25) is 0 Å². The van der Waals surface area contributed by atoms with Gasteiger partial charge in [0.1, 0.15) is 0 Å². The van der Waals surface area contributed by atoms with Crippen molar-refractivity contribution in [3.05, 3.63) is 48.3 Å². The van der Waals surface area contributed by atoms with E-state index in [4.69, 9.17) is 0 Å². The second kappa shape index (κ2) is 8.70. The molecular formula is C29H40N2. The molecule has 2 nitrogen and oxygen atoms in total. The Morgan fingerprint density at radius 2 is 1.77 bits per heavy atom. The molecular weight excluding hydrogens is 376 g/mol. The van der Waals surface area contributed by atoms with E-state index in [0.29, 0.717) is 5.41 Å². The van der Waals surface area contributed by atoms with Crippen LogP contribution in [0.4, 0.5) is 0 Å².